The van der Waals surface area contributed by atoms with Gasteiger partial charge in [0, 0.05) is 39.5 Å². The molecule has 4 nitrogen and oxygen atoms in total. The largest absolute Gasteiger partial charge is 0.489 e. The molecule has 0 aliphatic carbocycles. The number of anilines is 1. The van der Waals surface area contributed by atoms with E-state index >= 15 is 0 Å². The number of carbonyl (C=O) groups excluding carboxylic acids is 1. The summed E-state index contributed by atoms with van der Waals surface area (Å²) in [7, 11) is 0. The zero-order valence-corrected chi connectivity index (χ0v) is 15.1. The Kier molecular flexibility index (Phi) is 3.95. The van der Waals surface area contributed by atoms with Crippen LogP contribution in [0.3, 0.4) is 0 Å². The number of carbonyl (C=O) groups is 1. The van der Waals surface area contributed by atoms with Crippen LogP contribution in [-0.2, 0) is 11.4 Å². The Morgan fingerprint density at radius 2 is 1.75 bits per heavy atom. The lowest BCUT2D eigenvalue weighted by Crippen LogP contribution is -2.03. The van der Waals surface area contributed by atoms with Gasteiger partial charge in [0.05, 0.1) is 0 Å². The summed E-state index contributed by atoms with van der Waals surface area (Å²) in [6.45, 7) is 0.517. The van der Waals surface area contributed by atoms with Crippen molar-refractivity contribution >= 4 is 34.1 Å². The SMILES string of the molecule is O=C1Nc2ccccc2C1=Cc1c[nH]c2ccc(OCc3ccccc3)cc12. The van der Waals surface area contributed by atoms with Gasteiger partial charge in [-0.1, -0.05) is 48.5 Å². The van der Waals surface area contributed by atoms with E-state index < -0.39 is 0 Å². The molecule has 28 heavy (non-hydrogen) atoms. The normalized spacial score (nSPS) is 14.3. The van der Waals surface area contributed by atoms with Crippen LogP contribution < -0.4 is 10.1 Å². The average Bonchev–Trinajstić information content (AvgIpc) is 3.28. The molecule has 0 bridgehead atoms. The van der Waals surface area contributed by atoms with E-state index in [2.05, 4.69) is 10.3 Å². The summed E-state index contributed by atoms with van der Waals surface area (Å²) >= 11 is 0. The monoisotopic (exact) mass is 366 g/mol. The number of hydrogen-bond acceptors (Lipinski definition) is 2. The zero-order valence-electron chi connectivity index (χ0n) is 15.1. The summed E-state index contributed by atoms with van der Waals surface area (Å²) in [4.78, 5) is 15.7. The highest BCUT2D eigenvalue weighted by Gasteiger charge is 2.23. The van der Waals surface area contributed by atoms with Gasteiger partial charge in [-0.2, -0.15) is 0 Å². The molecule has 0 unspecified atom stereocenters. The predicted octanol–water partition coefficient (Wildman–Crippen LogP) is 5.24. The highest BCUT2D eigenvalue weighted by molar-refractivity contribution is 6.35. The molecule has 0 saturated heterocycles. The minimum atomic E-state index is -0.0768. The molecular formula is C24H18N2O2. The van der Waals surface area contributed by atoms with Gasteiger partial charge in [-0.15, -0.1) is 0 Å². The van der Waals surface area contributed by atoms with Crippen molar-refractivity contribution in [3.63, 3.8) is 0 Å². The molecule has 0 saturated carbocycles. The maximum Gasteiger partial charge on any atom is 0.256 e. The summed E-state index contributed by atoms with van der Waals surface area (Å²) in [6.07, 6.45) is 3.85. The summed E-state index contributed by atoms with van der Waals surface area (Å²) < 4.78 is 5.96. The second kappa shape index (κ2) is 6.74. The third-order valence-electron chi connectivity index (χ3n) is 4.94. The van der Waals surface area contributed by atoms with Crippen molar-refractivity contribution in [1.82, 2.24) is 4.98 Å². The quantitative estimate of drug-likeness (QED) is 0.485. The van der Waals surface area contributed by atoms with Crippen LogP contribution in [0.25, 0.3) is 22.6 Å². The Balaban J connectivity index is 1.48. The van der Waals surface area contributed by atoms with Gasteiger partial charge >= 0.3 is 0 Å². The van der Waals surface area contributed by atoms with Gasteiger partial charge < -0.3 is 15.0 Å². The van der Waals surface area contributed by atoms with E-state index in [0.717, 1.165) is 39.0 Å². The fraction of sp³-hybridized carbons (Fsp3) is 0.0417. The van der Waals surface area contributed by atoms with Gasteiger partial charge in [-0.25, -0.2) is 0 Å². The molecule has 2 N–H and O–H groups in total. The summed E-state index contributed by atoms with van der Waals surface area (Å²) in [5.74, 6) is 0.721. The molecule has 1 aliphatic heterocycles. The lowest BCUT2D eigenvalue weighted by atomic mass is 10.0. The van der Waals surface area contributed by atoms with E-state index in [1.807, 2.05) is 85.1 Å². The van der Waals surface area contributed by atoms with Crippen LogP contribution in [0.4, 0.5) is 5.69 Å². The summed E-state index contributed by atoms with van der Waals surface area (Å²) in [5, 5.41) is 3.94. The zero-order chi connectivity index (χ0) is 18.9. The Morgan fingerprint density at radius 3 is 2.64 bits per heavy atom. The number of hydrogen-bond donors (Lipinski definition) is 2. The first kappa shape index (κ1) is 16.4. The van der Waals surface area contributed by atoms with Crippen LogP contribution >= 0.6 is 0 Å². The standard InChI is InChI=1S/C24H18N2O2/c27-24-21(19-8-4-5-9-23(19)26-24)12-17-14-25-22-11-10-18(13-20(17)22)28-15-16-6-2-1-3-7-16/h1-14,25H,15H2,(H,26,27). The Labute approximate surface area is 162 Å². The van der Waals surface area contributed by atoms with Crippen LogP contribution in [0.5, 0.6) is 5.75 Å². The fourth-order valence-electron chi connectivity index (χ4n) is 3.51. The van der Waals surface area contributed by atoms with Gasteiger partial charge in [0.2, 0.25) is 0 Å². The first-order valence-electron chi connectivity index (χ1n) is 9.18. The average molecular weight is 366 g/mol. The molecule has 4 heteroatoms. The number of fused-ring (bicyclic) bond motifs is 2. The van der Waals surface area contributed by atoms with Crippen LogP contribution in [0.2, 0.25) is 0 Å². The molecule has 2 heterocycles. The van der Waals surface area contributed by atoms with Crippen molar-refractivity contribution in [2.45, 2.75) is 6.61 Å². The van der Waals surface area contributed by atoms with Crippen LogP contribution in [0.1, 0.15) is 16.7 Å². The van der Waals surface area contributed by atoms with E-state index in [9.17, 15) is 4.79 Å². The second-order valence-electron chi connectivity index (χ2n) is 6.78. The van der Waals surface area contributed by atoms with E-state index in [0.29, 0.717) is 12.2 Å². The van der Waals surface area contributed by atoms with Crippen molar-refractivity contribution in [3.8, 4) is 5.75 Å². The number of para-hydroxylation sites is 1. The summed E-state index contributed by atoms with van der Waals surface area (Å²) in [5.41, 5.74) is 5.54. The topological polar surface area (TPSA) is 54.1 Å². The molecule has 136 valence electrons. The Bertz CT molecular complexity index is 1210. The molecule has 0 fully saturated rings. The number of aromatic amines is 1. The molecule has 1 amide bonds. The van der Waals surface area contributed by atoms with Crippen molar-refractivity contribution in [2.75, 3.05) is 5.32 Å². The molecule has 3 aromatic carbocycles. The van der Waals surface area contributed by atoms with Gasteiger partial charge in [-0.05, 0) is 35.9 Å². The van der Waals surface area contributed by atoms with Crippen molar-refractivity contribution < 1.29 is 9.53 Å². The van der Waals surface area contributed by atoms with Gasteiger partial charge in [0.1, 0.15) is 12.4 Å². The number of benzene rings is 3. The van der Waals surface area contributed by atoms with Crippen LogP contribution in [0.15, 0.2) is 79.0 Å². The molecule has 0 radical (unpaired) electrons. The number of ether oxygens (including phenoxy) is 1. The van der Waals surface area contributed by atoms with Crippen LogP contribution in [-0.4, -0.2) is 10.9 Å². The Morgan fingerprint density at radius 1 is 0.929 bits per heavy atom. The second-order valence-corrected chi connectivity index (χ2v) is 6.78. The molecule has 1 aliphatic rings. The lowest BCUT2D eigenvalue weighted by molar-refractivity contribution is -0.110. The molecule has 1 aromatic heterocycles. The molecular weight excluding hydrogens is 348 g/mol. The van der Waals surface area contributed by atoms with Crippen molar-refractivity contribution in [3.05, 3.63) is 95.7 Å². The van der Waals surface area contributed by atoms with E-state index in [4.69, 9.17) is 4.74 Å². The van der Waals surface area contributed by atoms with Gasteiger partial charge in [0.25, 0.3) is 5.91 Å². The summed E-state index contributed by atoms with van der Waals surface area (Å²) in [6, 6.07) is 23.8. The van der Waals surface area contributed by atoms with Crippen LogP contribution in [0, 0.1) is 0 Å². The Hall–Kier alpha value is -3.79. The lowest BCUT2D eigenvalue weighted by Gasteiger charge is -2.06. The maximum atomic E-state index is 12.4. The molecule has 5 rings (SSSR count). The first-order chi connectivity index (χ1) is 13.8. The maximum absolute atomic E-state index is 12.4. The highest BCUT2D eigenvalue weighted by Crippen LogP contribution is 2.34. The number of nitrogens with one attached hydrogen (secondary N) is 2. The number of aromatic nitrogens is 1. The predicted molar refractivity (Wildman–Crippen MR) is 112 cm³/mol. The number of amides is 1. The molecule has 4 aromatic rings. The van der Waals surface area contributed by atoms with E-state index in [1.54, 1.807) is 0 Å². The van der Waals surface area contributed by atoms with Gasteiger partial charge in [0.15, 0.2) is 0 Å². The van der Waals surface area contributed by atoms with Gasteiger partial charge in [-0.3, -0.25) is 4.79 Å². The minimum absolute atomic E-state index is 0.0768. The highest BCUT2D eigenvalue weighted by atomic mass is 16.5. The smallest absolute Gasteiger partial charge is 0.256 e. The van der Waals surface area contributed by atoms with Crippen molar-refractivity contribution in [2.24, 2.45) is 0 Å². The third kappa shape index (κ3) is 2.95. The number of H-pyrrole nitrogens is 1. The first-order valence-corrected chi connectivity index (χ1v) is 9.18. The fourth-order valence-corrected chi connectivity index (χ4v) is 3.51. The minimum Gasteiger partial charge on any atom is -0.489 e. The third-order valence-corrected chi connectivity index (χ3v) is 4.94. The molecule has 0 spiro atoms. The van der Waals surface area contributed by atoms with E-state index in [-0.39, 0.29) is 5.91 Å². The van der Waals surface area contributed by atoms with Crippen molar-refractivity contribution in [1.29, 1.82) is 0 Å². The number of rotatable bonds is 4. The molecule has 0 atom stereocenters. The van der Waals surface area contributed by atoms with E-state index in [1.165, 1.54) is 0 Å².